The van der Waals surface area contributed by atoms with E-state index in [0.717, 1.165) is 37.1 Å². The molecule has 2 aliphatic heterocycles. The third-order valence-electron chi connectivity index (χ3n) is 5.44. The van der Waals surface area contributed by atoms with Gasteiger partial charge in [0.15, 0.2) is 15.7 Å². The fourth-order valence-electron chi connectivity index (χ4n) is 3.76. The molecule has 10 heteroatoms. The van der Waals surface area contributed by atoms with Crippen molar-refractivity contribution < 1.29 is 22.7 Å². The summed E-state index contributed by atoms with van der Waals surface area (Å²) in [5, 5.41) is 2.72. The summed E-state index contributed by atoms with van der Waals surface area (Å²) in [6.07, 6.45) is 3.39. The molecule has 2 saturated heterocycles. The molecule has 1 aromatic carbocycles. The van der Waals surface area contributed by atoms with Crippen LogP contribution in [-0.2, 0) is 14.6 Å². The monoisotopic (exact) mass is 420 g/mol. The maximum Gasteiger partial charge on any atom is 0.323 e. The molecule has 0 radical (unpaired) electrons. The van der Waals surface area contributed by atoms with Gasteiger partial charge in [-0.3, -0.25) is 10.3 Å². The van der Waals surface area contributed by atoms with Gasteiger partial charge < -0.3 is 14.4 Å². The Balaban J connectivity index is 1.59. The molecule has 1 N–H and O–H groups in total. The van der Waals surface area contributed by atoms with E-state index in [1.807, 2.05) is 12.1 Å². The number of nitrogens with one attached hydrogen (secondary N) is 1. The number of ether oxygens (including phenoxy) is 2. The molecule has 156 valence electrons. The molecule has 0 atom stereocenters. The summed E-state index contributed by atoms with van der Waals surface area (Å²) in [5.74, 6) is 1.20. The summed E-state index contributed by atoms with van der Waals surface area (Å²) >= 11 is 0. The molecule has 0 aliphatic carbocycles. The largest absolute Gasteiger partial charge is 0.494 e. The second kappa shape index (κ2) is 8.11. The van der Waals surface area contributed by atoms with Crippen LogP contribution in [0.15, 0.2) is 18.3 Å². The Bertz CT molecular complexity index is 1010. The summed E-state index contributed by atoms with van der Waals surface area (Å²) in [6, 6.07) is 3.52. The molecule has 29 heavy (non-hydrogen) atoms. The average molecular weight is 420 g/mol. The van der Waals surface area contributed by atoms with Crippen LogP contribution in [0, 0.1) is 0 Å². The normalized spacial score (nSPS) is 19.8. The number of sulfone groups is 1. The van der Waals surface area contributed by atoms with Crippen LogP contribution in [0.5, 0.6) is 5.75 Å². The third-order valence-corrected chi connectivity index (χ3v) is 7.05. The number of methoxy groups -OCH3 is 1. The number of amides is 2. The summed E-state index contributed by atoms with van der Waals surface area (Å²) in [6.45, 7) is 1.80. The van der Waals surface area contributed by atoms with Gasteiger partial charge in [0.1, 0.15) is 11.3 Å². The predicted molar refractivity (Wildman–Crippen MR) is 108 cm³/mol. The van der Waals surface area contributed by atoms with Crippen molar-refractivity contribution in [3.05, 3.63) is 23.9 Å². The standard InChI is InChI=1S/C19H24N4O5S/c1-27-15-3-2-14(13-4-8-28-9-5-13)17-18(15)21-16(12-20-17)22-19(24)23-6-10-29(25,26)11-7-23/h2-3,12-13H,4-11H2,1H3,(H,21,22,24). The molecule has 1 aromatic heterocycles. The van der Waals surface area contributed by atoms with Crippen molar-refractivity contribution in [3.63, 3.8) is 0 Å². The Morgan fingerprint density at radius 1 is 1.21 bits per heavy atom. The fraction of sp³-hybridized carbons (Fsp3) is 0.526. The zero-order valence-electron chi connectivity index (χ0n) is 16.3. The second-order valence-corrected chi connectivity index (χ2v) is 9.57. The first kappa shape index (κ1) is 19.8. The molecule has 3 heterocycles. The highest BCUT2D eigenvalue weighted by molar-refractivity contribution is 7.91. The first-order valence-corrected chi connectivity index (χ1v) is 11.5. The van der Waals surface area contributed by atoms with E-state index >= 15 is 0 Å². The van der Waals surface area contributed by atoms with E-state index in [2.05, 4.69) is 15.3 Å². The molecule has 2 aliphatic rings. The van der Waals surface area contributed by atoms with E-state index in [1.165, 1.54) is 11.1 Å². The zero-order chi connectivity index (χ0) is 20.4. The second-order valence-electron chi connectivity index (χ2n) is 7.27. The van der Waals surface area contributed by atoms with Crippen LogP contribution in [-0.4, -0.2) is 74.2 Å². The van der Waals surface area contributed by atoms with Crippen LogP contribution in [0.4, 0.5) is 10.6 Å². The van der Waals surface area contributed by atoms with Gasteiger partial charge in [-0.1, -0.05) is 6.07 Å². The number of urea groups is 1. The average Bonchev–Trinajstić information content (AvgIpc) is 2.73. The number of hydrogen-bond acceptors (Lipinski definition) is 7. The van der Waals surface area contributed by atoms with Gasteiger partial charge >= 0.3 is 6.03 Å². The van der Waals surface area contributed by atoms with E-state index in [1.54, 1.807) is 7.11 Å². The Labute approximate surface area is 169 Å². The van der Waals surface area contributed by atoms with Crippen LogP contribution < -0.4 is 10.1 Å². The minimum Gasteiger partial charge on any atom is -0.494 e. The zero-order valence-corrected chi connectivity index (χ0v) is 17.1. The Morgan fingerprint density at radius 3 is 2.62 bits per heavy atom. The number of nitrogens with zero attached hydrogens (tertiary/aromatic N) is 3. The Hall–Kier alpha value is -2.46. The van der Waals surface area contributed by atoms with Crippen molar-refractivity contribution in [2.75, 3.05) is 50.2 Å². The van der Waals surface area contributed by atoms with E-state index < -0.39 is 9.84 Å². The topological polar surface area (TPSA) is 111 Å². The summed E-state index contributed by atoms with van der Waals surface area (Å²) in [4.78, 5) is 23.1. The quantitative estimate of drug-likeness (QED) is 0.806. The van der Waals surface area contributed by atoms with Gasteiger partial charge in [-0.15, -0.1) is 0 Å². The number of aromatic nitrogens is 2. The van der Waals surface area contributed by atoms with Gasteiger partial charge in [-0.05, 0) is 30.4 Å². The fourth-order valence-corrected chi connectivity index (χ4v) is 4.96. The van der Waals surface area contributed by atoms with Crippen molar-refractivity contribution in [1.82, 2.24) is 14.9 Å². The van der Waals surface area contributed by atoms with E-state index in [-0.39, 0.29) is 30.6 Å². The van der Waals surface area contributed by atoms with Crippen molar-refractivity contribution in [3.8, 4) is 5.75 Å². The lowest BCUT2D eigenvalue weighted by atomic mass is 9.90. The summed E-state index contributed by atoms with van der Waals surface area (Å²) in [7, 11) is -1.48. The maximum atomic E-state index is 12.5. The Morgan fingerprint density at radius 2 is 1.93 bits per heavy atom. The van der Waals surface area contributed by atoms with Crippen LogP contribution in [0.3, 0.4) is 0 Å². The number of fused-ring (bicyclic) bond motifs is 1. The lowest BCUT2D eigenvalue weighted by Crippen LogP contribution is -2.45. The molecule has 2 amide bonds. The number of benzene rings is 1. The molecular weight excluding hydrogens is 396 g/mol. The Kier molecular flexibility index (Phi) is 5.55. The number of hydrogen-bond donors (Lipinski definition) is 1. The van der Waals surface area contributed by atoms with Crippen LogP contribution >= 0.6 is 0 Å². The summed E-state index contributed by atoms with van der Waals surface area (Å²) in [5.41, 5.74) is 2.46. The number of carbonyl (C=O) groups excluding carboxylic acids is 1. The van der Waals surface area contributed by atoms with Gasteiger partial charge in [-0.25, -0.2) is 18.2 Å². The first-order chi connectivity index (χ1) is 14.0. The minimum atomic E-state index is -3.05. The predicted octanol–water partition coefficient (Wildman–Crippen LogP) is 1.79. The molecule has 0 saturated carbocycles. The molecule has 9 nitrogen and oxygen atoms in total. The lowest BCUT2D eigenvalue weighted by Gasteiger charge is -2.26. The van der Waals surface area contributed by atoms with Gasteiger partial charge in [0, 0.05) is 26.3 Å². The summed E-state index contributed by atoms with van der Waals surface area (Å²) < 4.78 is 34.0. The molecule has 2 aromatic rings. The third kappa shape index (κ3) is 4.27. The van der Waals surface area contributed by atoms with Gasteiger partial charge in [-0.2, -0.15) is 0 Å². The highest BCUT2D eigenvalue weighted by atomic mass is 32.2. The molecule has 4 rings (SSSR count). The van der Waals surface area contributed by atoms with Gasteiger partial charge in [0.25, 0.3) is 0 Å². The smallest absolute Gasteiger partial charge is 0.323 e. The van der Waals surface area contributed by atoms with Crippen molar-refractivity contribution in [2.24, 2.45) is 0 Å². The van der Waals surface area contributed by atoms with Crippen molar-refractivity contribution in [1.29, 1.82) is 0 Å². The highest BCUT2D eigenvalue weighted by Gasteiger charge is 2.26. The molecule has 0 unspecified atom stereocenters. The van der Waals surface area contributed by atoms with E-state index in [9.17, 15) is 13.2 Å². The number of rotatable bonds is 3. The molecule has 0 spiro atoms. The van der Waals surface area contributed by atoms with Crippen LogP contribution in [0.2, 0.25) is 0 Å². The molecule has 2 fully saturated rings. The SMILES string of the molecule is COc1ccc(C2CCOCC2)c2ncc(NC(=O)N3CCS(=O)(=O)CC3)nc12. The van der Waals surface area contributed by atoms with Crippen molar-refractivity contribution in [2.45, 2.75) is 18.8 Å². The number of anilines is 1. The van der Waals surface area contributed by atoms with Crippen molar-refractivity contribution >= 4 is 32.7 Å². The first-order valence-electron chi connectivity index (χ1n) is 9.64. The van der Waals surface area contributed by atoms with E-state index in [4.69, 9.17) is 9.47 Å². The molecule has 0 bridgehead atoms. The lowest BCUT2D eigenvalue weighted by molar-refractivity contribution is 0.0855. The maximum absolute atomic E-state index is 12.5. The van der Waals surface area contributed by atoms with E-state index in [0.29, 0.717) is 23.0 Å². The number of carbonyl (C=O) groups is 1. The van der Waals surface area contributed by atoms with Crippen LogP contribution in [0.1, 0.15) is 24.3 Å². The molecular formula is C19H24N4O5S. The van der Waals surface area contributed by atoms with Gasteiger partial charge in [0.05, 0.1) is 30.3 Å². The highest BCUT2D eigenvalue weighted by Crippen LogP contribution is 2.35. The van der Waals surface area contributed by atoms with Crippen LogP contribution in [0.25, 0.3) is 11.0 Å². The van der Waals surface area contributed by atoms with Gasteiger partial charge in [0.2, 0.25) is 0 Å². The minimum absolute atomic E-state index is 0.0217.